The zero-order chi connectivity index (χ0) is 17.4. The minimum absolute atomic E-state index is 0.371. The highest BCUT2D eigenvalue weighted by atomic mass is 15.4. The standard InChI is InChI=1S/C17H22N8/c1-12-4-5-14-20-21-17(25(14)22-12)13-6-8-24(9-7-13)16-10-15(23(2)3)18-11-19-16/h4-5,10-11,13H,6-9H2,1-3H3. The largest absolute Gasteiger partial charge is 0.363 e. The van der Waals surface area contributed by atoms with Crippen molar-refractivity contribution in [1.29, 1.82) is 0 Å². The number of hydrogen-bond acceptors (Lipinski definition) is 7. The Bertz CT molecular complexity index is 879. The minimum atomic E-state index is 0.371. The average molecular weight is 338 g/mol. The summed E-state index contributed by atoms with van der Waals surface area (Å²) in [7, 11) is 3.98. The number of nitrogens with zero attached hydrogens (tertiary/aromatic N) is 8. The molecule has 4 heterocycles. The van der Waals surface area contributed by atoms with Crippen LogP contribution in [-0.2, 0) is 0 Å². The molecule has 0 amide bonds. The van der Waals surface area contributed by atoms with Gasteiger partial charge in [0.1, 0.15) is 18.0 Å². The lowest BCUT2D eigenvalue weighted by Gasteiger charge is -2.32. The number of anilines is 2. The number of piperidine rings is 1. The molecule has 130 valence electrons. The first kappa shape index (κ1) is 15.7. The molecule has 0 N–H and O–H groups in total. The Kier molecular flexibility index (Phi) is 3.95. The van der Waals surface area contributed by atoms with Gasteiger partial charge in [-0.2, -0.15) is 9.61 Å². The summed E-state index contributed by atoms with van der Waals surface area (Å²) in [5.41, 5.74) is 1.79. The third-order valence-electron chi connectivity index (χ3n) is 4.70. The Morgan fingerprint density at radius 1 is 1.08 bits per heavy atom. The van der Waals surface area contributed by atoms with Gasteiger partial charge in [0.05, 0.1) is 5.69 Å². The molecule has 4 rings (SSSR count). The van der Waals surface area contributed by atoms with Gasteiger partial charge in [-0.3, -0.25) is 0 Å². The molecule has 1 aliphatic heterocycles. The Morgan fingerprint density at radius 2 is 1.88 bits per heavy atom. The molecule has 0 bridgehead atoms. The van der Waals surface area contributed by atoms with E-state index >= 15 is 0 Å². The van der Waals surface area contributed by atoms with E-state index in [0.29, 0.717) is 5.92 Å². The Morgan fingerprint density at radius 3 is 2.64 bits per heavy atom. The van der Waals surface area contributed by atoms with Crippen LogP contribution in [0.3, 0.4) is 0 Å². The smallest absolute Gasteiger partial charge is 0.177 e. The van der Waals surface area contributed by atoms with Crippen LogP contribution in [0.25, 0.3) is 5.65 Å². The second kappa shape index (κ2) is 6.27. The van der Waals surface area contributed by atoms with Crippen molar-refractivity contribution < 1.29 is 0 Å². The predicted octanol–water partition coefficient (Wildman–Crippen LogP) is 1.67. The summed E-state index contributed by atoms with van der Waals surface area (Å²) < 4.78 is 1.89. The van der Waals surface area contributed by atoms with Crippen molar-refractivity contribution in [3.63, 3.8) is 0 Å². The van der Waals surface area contributed by atoms with E-state index in [1.54, 1.807) is 6.33 Å². The van der Waals surface area contributed by atoms with Crippen LogP contribution in [0.5, 0.6) is 0 Å². The first-order valence-corrected chi connectivity index (χ1v) is 8.55. The van der Waals surface area contributed by atoms with E-state index < -0.39 is 0 Å². The molecule has 1 aliphatic rings. The van der Waals surface area contributed by atoms with E-state index in [1.165, 1.54) is 0 Å². The molecule has 0 unspecified atom stereocenters. The normalized spacial score (nSPS) is 15.7. The van der Waals surface area contributed by atoms with Gasteiger partial charge in [-0.15, -0.1) is 10.2 Å². The Labute approximate surface area is 146 Å². The summed E-state index contributed by atoms with van der Waals surface area (Å²) in [5, 5.41) is 13.2. The third-order valence-corrected chi connectivity index (χ3v) is 4.70. The van der Waals surface area contributed by atoms with Crippen LogP contribution in [0, 0.1) is 6.92 Å². The maximum atomic E-state index is 4.57. The number of aryl methyl sites for hydroxylation is 1. The molecule has 1 saturated heterocycles. The molecular formula is C17H22N8. The molecule has 0 spiro atoms. The van der Waals surface area contributed by atoms with Crippen LogP contribution < -0.4 is 9.80 Å². The number of hydrogen-bond donors (Lipinski definition) is 0. The zero-order valence-corrected chi connectivity index (χ0v) is 14.8. The molecule has 0 radical (unpaired) electrons. The van der Waals surface area contributed by atoms with E-state index in [9.17, 15) is 0 Å². The summed E-state index contributed by atoms with van der Waals surface area (Å²) in [6.07, 6.45) is 3.66. The van der Waals surface area contributed by atoms with E-state index in [1.807, 2.05) is 48.6 Å². The molecule has 0 aromatic carbocycles. The lowest BCUT2D eigenvalue weighted by atomic mass is 9.96. The summed E-state index contributed by atoms with van der Waals surface area (Å²) in [6.45, 7) is 3.87. The fourth-order valence-corrected chi connectivity index (χ4v) is 3.27. The van der Waals surface area contributed by atoms with Crippen molar-refractivity contribution >= 4 is 17.3 Å². The van der Waals surface area contributed by atoms with Gasteiger partial charge in [-0.25, -0.2) is 9.97 Å². The molecule has 0 saturated carbocycles. The third kappa shape index (κ3) is 2.99. The zero-order valence-electron chi connectivity index (χ0n) is 14.8. The highest BCUT2D eigenvalue weighted by Gasteiger charge is 2.26. The van der Waals surface area contributed by atoms with Crippen LogP contribution in [0.4, 0.5) is 11.6 Å². The molecule has 0 atom stereocenters. The number of rotatable bonds is 3. The molecule has 3 aromatic heterocycles. The number of fused-ring (bicyclic) bond motifs is 1. The highest BCUT2D eigenvalue weighted by molar-refractivity contribution is 5.49. The van der Waals surface area contributed by atoms with Crippen molar-refractivity contribution in [2.24, 2.45) is 0 Å². The van der Waals surface area contributed by atoms with Crippen molar-refractivity contribution in [1.82, 2.24) is 29.8 Å². The Balaban J connectivity index is 1.51. The first-order valence-electron chi connectivity index (χ1n) is 8.55. The summed E-state index contributed by atoms with van der Waals surface area (Å²) in [5.74, 6) is 3.25. The van der Waals surface area contributed by atoms with Crippen LogP contribution in [-0.4, -0.2) is 57.0 Å². The average Bonchev–Trinajstić information content (AvgIpc) is 3.05. The van der Waals surface area contributed by atoms with Gasteiger partial charge in [0.2, 0.25) is 0 Å². The van der Waals surface area contributed by atoms with Crippen molar-refractivity contribution in [2.45, 2.75) is 25.7 Å². The monoisotopic (exact) mass is 338 g/mol. The topological polar surface area (TPSA) is 75.3 Å². The first-order chi connectivity index (χ1) is 12.1. The highest BCUT2D eigenvalue weighted by Crippen LogP contribution is 2.29. The van der Waals surface area contributed by atoms with Gasteiger partial charge < -0.3 is 9.80 Å². The van der Waals surface area contributed by atoms with Gasteiger partial charge in [-0.05, 0) is 31.9 Å². The molecule has 0 aliphatic carbocycles. The van der Waals surface area contributed by atoms with Gasteiger partial charge in [0.25, 0.3) is 0 Å². The lowest BCUT2D eigenvalue weighted by molar-refractivity contribution is 0.474. The summed E-state index contributed by atoms with van der Waals surface area (Å²) in [4.78, 5) is 13.0. The fourth-order valence-electron chi connectivity index (χ4n) is 3.27. The van der Waals surface area contributed by atoms with Crippen LogP contribution in [0.15, 0.2) is 24.5 Å². The molecule has 8 nitrogen and oxygen atoms in total. The van der Waals surface area contributed by atoms with Crippen LogP contribution >= 0.6 is 0 Å². The van der Waals surface area contributed by atoms with E-state index in [2.05, 4.69) is 30.2 Å². The van der Waals surface area contributed by atoms with Gasteiger partial charge in [0, 0.05) is 39.2 Å². The van der Waals surface area contributed by atoms with Gasteiger partial charge in [0.15, 0.2) is 11.5 Å². The van der Waals surface area contributed by atoms with Gasteiger partial charge >= 0.3 is 0 Å². The number of aromatic nitrogens is 6. The van der Waals surface area contributed by atoms with Crippen molar-refractivity contribution in [2.75, 3.05) is 37.0 Å². The van der Waals surface area contributed by atoms with Crippen LogP contribution in [0.1, 0.15) is 30.3 Å². The molecule has 3 aromatic rings. The molecule has 25 heavy (non-hydrogen) atoms. The lowest BCUT2D eigenvalue weighted by Crippen LogP contribution is -2.34. The van der Waals surface area contributed by atoms with E-state index in [0.717, 1.165) is 54.7 Å². The SMILES string of the molecule is Cc1ccc2nnc(C3CCN(c4cc(N(C)C)ncn4)CC3)n2n1. The minimum Gasteiger partial charge on any atom is -0.363 e. The molecule has 1 fully saturated rings. The second-order valence-electron chi connectivity index (χ2n) is 6.69. The van der Waals surface area contributed by atoms with Crippen LogP contribution in [0.2, 0.25) is 0 Å². The van der Waals surface area contributed by atoms with Crippen molar-refractivity contribution in [3.8, 4) is 0 Å². The maximum absolute atomic E-state index is 4.57. The van der Waals surface area contributed by atoms with E-state index in [-0.39, 0.29) is 0 Å². The fraction of sp³-hybridized carbons (Fsp3) is 0.471. The molecule has 8 heteroatoms. The van der Waals surface area contributed by atoms with Gasteiger partial charge in [-0.1, -0.05) is 0 Å². The summed E-state index contributed by atoms with van der Waals surface area (Å²) >= 11 is 0. The second-order valence-corrected chi connectivity index (χ2v) is 6.69. The maximum Gasteiger partial charge on any atom is 0.177 e. The molecular weight excluding hydrogens is 316 g/mol. The van der Waals surface area contributed by atoms with Crippen molar-refractivity contribution in [3.05, 3.63) is 36.0 Å². The summed E-state index contributed by atoms with van der Waals surface area (Å²) in [6, 6.07) is 5.98. The Hall–Kier alpha value is -2.77. The quantitative estimate of drug-likeness (QED) is 0.719. The predicted molar refractivity (Wildman–Crippen MR) is 96.1 cm³/mol. The van der Waals surface area contributed by atoms with E-state index in [4.69, 9.17) is 0 Å².